The predicted octanol–water partition coefficient (Wildman–Crippen LogP) is 2.67. The number of rotatable bonds is 6. The molecule has 1 heterocycles. The average molecular weight is 315 g/mol. The minimum Gasteiger partial charge on any atom is -0.441 e. The molecular formula is C15H29NO4Si. The third-order valence-corrected chi connectivity index (χ3v) is 9.83. The van der Waals surface area contributed by atoms with E-state index >= 15 is 0 Å². The standard InChI is InChI=1S/C15H29NO4Si/c1-9(2)15(5,6)21(7,8)20-10(3)12-13(18)16-14(12)19-11(4)17/h9-10,12,14H,1-8H3,(H,16,18)/t10-,12+,14?/m1/s1. The van der Waals surface area contributed by atoms with Crippen LogP contribution >= 0.6 is 0 Å². The van der Waals surface area contributed by atoms with E-state index in [1.807, 2.05) is 6.92 Å². The predicted molar refractivity (Wildman–Crippen MR) is 84.1 cm³/mol. The monoisotopic (exact) mass is 315 g/mol. The molecule has 1 aliphatic rings. The van der Waals surface area contributed by atoms with Gasteiger partial charge >= 0.3 is 5.97 Å². The molecule has 1 fully saturated rings. The first-order chi connectivity index (χ1) is 9.40. The molecule has 6 heteroatoms. The molecule has 3 atom stereocenters. The fourth-order valence-corrected chi connectivity index (χ4v) is 5.26. The highest BCUT2D eigenvalue weighted by Crippen LogP contribution is 2.45. The molecule has 1 unspecified atom stereocenters. The minimum atomic E-state index is -2.02. The Labute approximate surface area is 128 Å². The molecule has 0 aromatic carbocycles. The van der Waals surface area contributed by atoms with E-state index in [0.29, 0.717) is 5.92 Å². The summed E-state index contributed by atoms with van der Waals surface area (Å²) in [5, 5.41) is 2.69. The molecule has 1 N–H and O–H groups in total. The van der Waals surface area contributed by atoms with Crippen molar-refractivity contribution in [2.75, 3.05) is 0 Å². The summed E-state index contributed by atoms with van der Waals surface area (Å²) in [5.74, 6) is -0.424. The van der Waals surface area contributed by atoms with E-state index in [2.05, 4.69) is 46.1 Å². The minimum absolute atomic E-state index is 0.0818. The van der Waals surface area contributed by atoms with Crippen molar-refractivity contribution < 1.29 is 18.8 Å². The van der Waals surface area contributed by atoms with Gasteiger partial charge in [-0.1, -0.05) is 27.7 Å². The Balaban J connectivity index is 2.77. The molecule has 1 aliphatic heterocycles. The number of carbonyl (C=O) groups is 2. The smallest absolute Gasteiger partial charge is 0.304 e. The van der Waals surface area contributed by atoms with Crippen molar-refractivity contribution in [1.29, 1.82) is 0 Å². The molecule has 0 aromatic rings. The Morgan fingerprint density at radius 1 is 1.29 bits per heavy atom. The van der Waals surface area contributed by atoms with Crippen LogP contribution in [-0.4, -0.2) is 32.5 Å². The number of nitrogens with one attached hydrogen (secondary N) is 1. The van der Waals surface area contributed by atoms with Crippen LogP contribution in [0.4, 0.5) is 0 Å². The van der Waals surface area contributed by atoms with Crippen molar-refractivity contribution in [3.8, 4) is 0 Å². The Bertz CT molecular complexity index is 420. The average Bonchev–Trinajstić information content (AvgIpc) is 2.25. The molecule has 1 rings (SSSR count). The van der Waals surface area contributed by atoms with Crippen LogP contribution in [0, 0.1) is 11.8 Å². The lowest BCUT2D eigenvalue weighted by Gasteiger charge is -2.47. The van der Waals surface area contributed by atoms with E-state index in [1.54, 1.807) is 0 Å². The molecule has 122 valence electrons. The van der Waals surface area contributed by atoms with E-state index in [0.717, 1.165) is 0 Å². The number of esters is 1. The molecular weight excluding hydrogens is 286 g/mol. The normalized spacial score (nSPS) is 24.3. The number of ether oxygens (including phenoxy) is 1. The van der Waals surface area contributed by atoms with Crippen LogP contribution < -0.4 is 5.32 Å². The van der Waals surface area contributed by atoms with Gasteiger partial charge in [-0.3, -0.25) is 9.59 Å². The van der Waals surface area contributed by atoms with Gasteiger partial charge in [0.2, 0.25) is 5.91 Å². The largest absolute Gasteiger partial charge is 0.441 e. The quantitative estimate of drug-likeness (QED) is 0.465. The number of amides is 1. The molecule has 0 radical (unpaired) electrons. The lowest BCUT2D eigenvalue weighted by atomic mass is 9.93. The molecule has 0 spiro atoms. The fourth-order valence-electron chi connectivity index (χ4n) is 2.49. The first kappa shape index (κ1) is 18.2. The lowest BCUT2D eigenvalue weighted by molar-refractivity contribution is -0.173. The van der Waals surface area contributed by atoms with Crippen molar-refractivity contribution >= 4 is 20.2 Å². The van der Waals surface area contributed by atoms with Gasteiger partial charge in [0.15, 0.2) is 14.5 Å². The van der Waals surface area contributed by atoms with Crippen LogP contribution in [0.5, 0.6) is 0 Å². The van der Waals surface area contributed by atoms with Crippen LogP contribution in [0.15, 0.2) is 0 Å². The molecule has 0 saturated carbocycles. The molecule has 0 aliphatic carbocycles. The van der Waals surface area contributed by atoms with E-state index in [4.69, 9.17) is 9.16 Å². The van der Waals surface area contributed by atoms with Gasteiger partial charge in [-0.05, 0) is 31.0 Å². The second-order valence-corrected chi connectivity index (χ2v) is 11.8. The van der Waals surface area contributed by atoms with Gasteiger partial charge in [0.1, 0.15) is 5.92 Å². The molecule has 0 aromatic heterocycles. The summed E-state index contributed by atoms with van der Waals surface area (Å²) in [6.07, 6.45) is -0.820. The summed E-state index contributed by atoms with van der Waals surface area (Å²) < 4.78 is 11.4. The molecule has 5 nitrogen and oxygen atoms in total. The summed E-state index contributed by atoms with van der Waals surface area (Å²) in [6.45, 7) is 16.4. The van der Waals surface area contributed by atoms with Crippen molar-refractivity contribution in [3.05, 3.63) is 0 Å². The van der Waals surface area contributed by atoms with Crippen LogP contribution in [-0.2, 0) is 18.8 Å². The van der Waals surface area contributed by atoms with E-state index < -0.39 is 26.4 Å². The van der Waals surface area contributed by atoms with Gasteiger partial charge in [0, 0.05) is 6.92 Å². The SMILES string of the molecule is CC(=O)OC1NC(=O)[C@@H]1[C@@H](C)O[Si](C)(C)C(C)(C)C(C)C. The molecule has 1 amide bonds. The van der Waals surface area contributed by atoms with E-state index in [9.17, 15) is 9.59 Å². The lowest BCUT2D eigenvalue weighted by Crippen LogP contribution is -2.65. The zero-order chi connectivity index (χ0) is 16.6. The van der Waals surface area contributed by atoms with Crippen LogP contribution in [0.25, 0.3) is 0 Å². The second kappa shape index (κ2) is 6.08. The highest BCUT2D eigenvalue weighted by molar-refractivity contribution is 6.74. The Morgan fingerprint density at radius 3 is 2.19 bits per heavy atom. The van der Waals surface area contributed by atoms with Gasteiger partial charge in [-0.2, -0.15) is 0 Å². The highest BCUT2D eigenvalue weighted by Gasteiger charge is 2.50. The van der Waals surface area contributed by atoms with Gasteiger partial charge in [0.25, 0.3) is 0 Å². The van der Waals surface area contributed by atoms with Gasteiger partial charge < -0.3 is 14.5 Å². The Hall–Kier alpha value is -0.883. The van der Waals surface area contributed by atoms with Crippen LogP contribution in [0.3, 0.4) is 0 Å². The summed E-state index contributed by atoms with van der Waals surface area (Å²) in [6, 6.07) is 0. The first-order valence-electron chi connectivity index (χ1n) is 7.55. The summed E-state index contributed by atoms with van der Waals surface area (Å²) in [5.41, 5.74) is 0. The third-order valence-electron chi connectivity index (χ3n) is 5.19. The third kappa shape index (κ3) is 3.66. The van der Waals surface area contributed by atoms with Gasteiger partial charge in [-0.25, -0.2) is 0 Å². The first-order valence-corrected chi connectivity index (χ1v) is 10.5. The molecule has 21 heavy (non-hydrogen) atoms. The van der Waals surface area contributed by atoms with Crippen molar-refractivity contribution in [2.24, 2.45) is 11.8 Å². The molecule has 0 bridgehead atoms. The van der Waals surface area contributed by atoms with Gasteiger partial charge in [-0.15, -0.1) is 0 Å². The molecule has 1 saturated heterocycles. The van der Waals surface area contributed by atoms with E-state index in [1.165, 1.54) is 6.92 Å². The second-order valence-electron chi connectivity index (χ2n) is 7.27. The summed E-state index contributed by atoms with van der Waals surface area (Å²) >= 11 is 0. The number of hydrogen-bond acceptors (Lipinski definition) is 4. The maximum absolute atomic E-state index is 11.8. The number of hydrogen-bond donors (Lipinski definition) is 1. The Morgan fingerprint density at radius 2 is 1.81 bits per heavy atom. The number of β-lactam (4-membered cyclic amide) rings is 1. The van der Waals surface area contributed by atoms with Gasteiger partial charge in [0.05, 0.1) is 6.10 Å². The van der Waals surface area contributed by atoms with Crippen LogP contribution in [0.2, 0.25) is 18.1 Å². The fraction of sp³-hybridized carbons (Fsp3) is 0.867. The van der Waals surface area contributed by atoms with Crippen molar-refractivity contribution in [3.63, 3.8) is 0 Å². The maximum atomic E-state index is 11.8. The maximum Gasteiger partial charge on any atom is 0.304 e. The Kier molecular flexibility index (Phi) is 5.26. The van der Waals surface area contributed by atoms with Crippen molar-refractivity contribution in [1.82, 2.24) is 5.32 Å². The zero-order valence-corrected chi connectivity index (χ0v) is 15.4. The van der Waals surface area contributed by atoms with E-state index in [-0.39, 0.29) is 17.0 Å². The number of carbonyl (C=O) groups excluding carboxylic acids is 2. The van der Waals surface area contributed by atoms with Crippen LogP contribution in [0.1, 0.15) is 41.5 Å². The summed E-state index contributed by atoms with van der Waals surface area (Å²) in [4.78, 5) is 22.8. The highest BCUT2D eigenvalue weighted by atomic mass is 28.4. The summed E-state index contributed by atoms with van der Waals surface area (Å²) in [7, 11) is -2.02. The zero-order valence-electron chi connectivity index (χ0n) is 14.4. The van der Waals surface area contributed by atoms with Crippen molar-refractivity contribution in [2.45, 2.75) is 72.0 Å². The topological polar surface area (TPSA) is 64.6 Å².